The minimum atomic E-state index is -0.481. The number of non-ortho nitro benzene ring substituents is 1. The second-order valence-electron chi connectivity index (χ2n) is 5.80. The van der Waals surface area contributed by atoms with Crippen molar-refractivity contribution in [2.75, 3.05) is 13.7 Å². The van der Waals surface area contributed by atoms with Gasteiger partial charge in [-0.2, -0.15) is 0 Å². The minimum Gasteiger partial charge on any atom is -0.469 e. The molecule has 2 rings (SSSR count). The van der Waals surface area contributed by atoms with Gasteiger partial charge in [-0.05, 0) is 25.3 Å². The molecule has 1 aromatic carbocycles. The van der Waals surface area contributed by atoms with Gasteiger partial charge >= 0.3 is 5.97 Å². The van der Waals surface area contributed by atoms with Crippen molar-refractivity contribution < 1.29 is 19.2 Å². The van der Waals surface area contributed by atoms with Crippen molar-refractivity contribution in [1.82, 2.24) is 4.90 Å². The van der Waals surface area contributed by atoms with Crippen LogP contribution in [0, 0.1) is 16.0 Å². The molecular weight excluding hydrogens is 300 g/mol. The molecule has 1 aliphatic rings. The summed E-state index contributed by atoms with van der Waals surface area (Å²) < 4.78 is 4.76. The van der Waals surface area contributed by atoms with Crippen LogP contribution in [0.2, 0.25) is 0 Å². The van der Waals surface area contributed by atoms with E-state index >= 15 is 0 Å². The van der Waals surface area contributed by atoms with Crippen molar-refractivity contribution in [2.24, 2.45) is 5.92 Å². The highest BCUT2D eigenvalue weighted by molar-refractivity contribution is 5.81. The Kier molecular flexibility index (Phi) is 5.31. The largest absolute Gasteiger partial charge is 0.469 e. The number of carbonyl (C=O) groups is 2. The first-order valence-electron chi connectivity index (χ1n) is 7.53. The Labute approximate surface area is 134 Å². The van der Waals surface area contributed by atoms with Crippen LogP contribution in [0.5, 0.6) is 0 Å². The van der Waals surface area contributed by atoms with E-state index in [1.165, 1.54) is 19.2 Å². The van der Waals surface area contributed by atoms with Crippen LogP contribution in [0.4, 0.5) is 5.69 Å². The number of nitro benzene ring substituents is 1. The Morgan fingerprint density at radius 2 is 2.13 bits per heavy atom. The van der Waals surface area contributed by atoms with Crippen LogP contribution < -0.4 is 0 Å². The molecule has 0 aliphatic carbocycles. The normalized spacial score (nSPS) is 20.9. The highest BCUT2D eigenvalue weighted by Crippen LogP contribution is 2.24. The van der Waals surface area contributed by atoms with Crippen molar-refractivity contribution in [2.45, 2.75) is 32.2 Å². The standard InChI is InChI=1S/C16H20N2O5/c1-11-6-7-13(16(20)23-2)10-17(11)15(19)9-12-4-3-5-14(8-12)18(21)22/h3-5,8,11,13H,6-7,9-10H2,1-2H3/t11-,13+/m0/s1. The average Bonchev–Trinajstić information content (AvgIpc) is 2.54. The quantitative estimate of drug-likeness (QED) is 0.480. The van der Waals surface area contributed by atoms with E-state index in [1.807, 2.05) is 6.92 Å². The predicted octanol–water partition coefficient (Wildman–Crippen LogP) is 1.94. The van der Waals surface area contributed by atoms with Crippen LogP contribution in [-0.4, -0.2) is 41.4 Å². The second kappa shape index (κ2) is 7.21. The molecule has 1 aromatic rings. The average molecular weight is 320 g/mol. The fourth-order valence-electron chi connectivity index (χ4n) is 2.87. The Balaban J connectivity index is 2.08. The summed E-state index contributed by atoms with van der Waals surface area (Å²) in [4.78, 5) is 36.2. The molecule has 124 valence electrons. The Morgan fingerprint density at radius 1 is 1.39 bits per heavy atom. The maximum Gasteiger partial charge on any atom is 0.310 e. The number of piperidine rings is 1. The van der Waals surface area contributed by atoms with Crippen LogP contribution in [0.15, 0.2) is 24.3 Å². The molecule has 0 N–H and O–H groups in total. The third-order valence-electron chi connectivity index (χ3n) is 4.21. The summed E-state index contributed by atoms with van der Waals surface area (Å²) in [6.07, 6.45) is 1.52. The van der Waals surface area contributed by atoms with Gasteiger partial charge in [0, 0.05) is 24.7 Å². The number of nitrogens with zero attached hydrogens (tertiary/aromatic N) is 2. The first kappa shape index (κ1) is 16.9. The topological polar surface area (TPSA) is 89.8 Å². The number of likely N-dealkylation sites (tertiary alicyclic amines) is 1. The summed E-state index contributed by atoms with van der Waals surface area (Å²) in [7, 11) is 1.34. The molecular formula is C16H20N2O5. The van der Waals surface area contributed by atoms with Gasteiger partial charge in [-0.25, -0.2) is 0 Å². The van der Waals surface area contributed by atoms with Crippen molar-refractivity contribution >= 4 is 17.6 Å². The van der Waals surface area contributed by atoms with E-state index in [-0.39, 0.29) is 35.9 Å². The Bertz CT molecular complexity index is 616. The molecule has 0 spiro atoms. The molecule has 0 bridgehead atoms. The molecule has 0 saturated carbocycles. The van der Waals surface area contributed by atoms with Crippen molar-refractivity contribution in [3.05, 3.63) is 39.9 Å². The molecule has 1 saturated heterocycles. The molecule has 1 amide bonds. The van der Waals surface area contributed by atoms with Crippen molar-refractivity contribution in [1.29, 1.82) is 0 Å². The summed E-state index contributed by atoms with van der Waals surface area (Å²) in [5.41, 5.74) is 0.561. The van der Waals surface area contributed by atoms with Gasteiger partial charge < -0.3 is 9.64 Å². The van der Waals surface area contributed by atoms with Gasteiger partial charge in [0.05, 0.1) is 24.4 Å². The number of hydrogen-bond acceptors (Lipinski definition) is 5. The number of ether oxygens (including phenoxy) is 1. The number of nitro groups is 1. The van der Waals surface area contributed by atoms with Crippen molar-refractivity contribution in [3.8, 4) is 0 Å². The fourth-order valence-corrected chi connectivity index (χ4v) is 2.87. The number of methoxy groups -OCH3 is 1. The molecule has 7 nitrogen and oxygen atoms in total. The molecule has 1 aliphatic heterocycles. The number of hydrogen-bond donors (Lipinski definition) is 0. The lowest BCUT2D eigenvalue weighted by molar-refractivity contribution is -0.384. The lowest BCUT2D eigenvalue weighted by Crippen LogP contribution is -2.48. The number of amides is 1. The van der Waals surface area contributed by atoms with Crippen LogP contribution in [-0.2, 0) is 20.7 Å². The highest BCUT2D eigenvalue weighted by Gasteiger charge is 2.33. The van der Waals surface area contributed by atoms with Gasteiger partial charge in [0.1, 0.15) is 0 Å². The number of carbonyl (C=O) groups excluding carboxylic acids is 2. The van der Waals surface area contributed by atoms with Crippen LogP contribution in [0.3, 0.4) is 0 Å². The van der Waals surface area contributed by atoms with Gasteiger partial charge in [0.15, 0.2) is 0 Å². The fraction of sp³-hybridized carbons (Fsp3) is 0.500. The van der Waals surface area contributed by atoms with Gasteiger partial charge in [0.25, 0.3) is 5.69 Å². The van der Waals surface area contributed by atoms with Crippen LogP contribution in [0.25, 0.3) is 0 Å². The summed E-state index contributed by atoms with van der Waals surface area (Å²) in [5, 5.41) is 10.8. The molecule has 0 unspecified atom stereocenters. The second-order valence-corrected chi connectivity index (χ2v) is 5.80. The van der Waals surface area contributed by atoms with E-state index < -0.39 is 4.92 Å². The lowest BCUT2D eigenvalue weighted by atomic mass is 9.93. The van der Waals surface area contributed by atoms with Gasteiger partial charge in [0.2, 0.25) is 5.91 Å². The lowest BCUT2D eigenvalue weighted by Gasteiger charge is -2.37. The van der Waals surface area contributed by atoms with E-state index in [0.717, 1.165) is 6.42 Å². The summed E-state index contributed by atoms with van der Waals surface area (Å²) >= 11 is 0. The zero-order valence-corrected chi connectivity index (χ0v) is 13.2. The van der Waals surface area contributed by atoms with Gasteiger partial charge in [-0.1, -0.05) is 12.1 Å². The maximum atomic E-state index is 12.5. The Hall–Kier alpha value is -2.44. The summed E-state index contributed by atoms with van der Waals surface area (Å²) in [6.45, 7) is 2.28. The number of benzene rings is 1. The first-order chi connectivity index (χ1) is 10.9. The monoisotopic (exact) mass is 320 g/mol. The molecule has 23 heavy (non-hydrogen) atoms. The van der Waals surface area contributed by atoms with Gasteiger partial charge in [-0.15, -0.1) is 0 Å². The molecule has 1 heterocycles. The van der Waals surface area contributed by atoms with Gasteiger partial charge in [-0.3, -0.25) is 19.7 Å². The smallest absolute Gasteiger partial charge is 0.310 e. The molecule has 7 heteroatoms. The van der Waals surface area contributed by atoms with Crippen LogP contribution in [0.1, 0.15) is 25.3 Å². The van der Waals surface area contributed by atoms with Crippen LogP contribution >= 0.6 is 0 Å². The Morgan fingerprint density at radius 3 is 2.78 bits per heavy atom. The third-order valence-corrected chi connectivity index (χ3v) is 4.21. The number of esters is 1. The first-order valence-corrected chi connectivity index (χ1v) is 7.53. The van der Waals surface area contributed by atoms with E-state index in [9.17, 15) is 19.7 Å². The van der Waals surface area contributed by atoms with E-state index in [2.05, 4.69) is 0 Å². The summed E-state index contributed by atoms with van der Waals surface area (Å²) in [6, 6.07) is 6.10. The number of rotatable bonds is 4. The summed E-state index contributed by atoms with van der Waals surface area (Å²) in [5.74, 6) is -0.734. The van der Waals surface area contributed by atoms with Crippen molar-refractivity contribution in [3.63, 3.8) is 0 Å². The highest BCUT2D eigenvalue weighted by atomic mass is 16.6. The zero-order valence-electron chi connectivity index (χ0n) is 13.2. The predicted molar refractivity (Wildman–Crippen MR) is 82.7 cm³/mol. The maximum absolute atomic E-state index is 12.5. The molecule has 1 fully saturated rings. The minimum absolute atomic E-state index is 0.0329. The molecule has 2 atom stereocenters. The molecule has 0 radical (unpaired) electrons. The SMILES string of the molecule is COC(=O)[C@@H]1CC[C@H](C)N(C(=O)Cc2cccc([N+](=O)[O-])c2)C1. The molecule has 0 aromatic heterocycles. The third kappa shape index (κ3) is 4.06. The zero-order chi connectivity index (χ0) is 17.0. The van der Waals surface area contributed by atoms with E-state index in [4.69, 9.17) is 4.74 Å². The van der Waals surface area contributed by atoms with E-state index in [1.54, 1.807) is 17.0 Å². The van der Waals surface area contributed by atoms with E-state index in [0.29, 0.717) is 18.5 Å².